The Morgan fingerprint density at radius 1 is 1.18 bits per heavy atom. The standard InChI is InChI=1S/C17H23NO4/c1-3-21-15(19)10-6-9-13-7-5-8-14-11-12-18(16(13)14)17(20)22-4-2/h5,7-8H,3-4,6,9-12H2,1-2H3. The normalized spacial score (nSPS) is 12.9. The molecule has 0 radical (unpaired) electrons. The molecule has 0 fully saturated rings. The number of esters is 1. The van der Waals surface area contributed by atoms with Gasteiger partial charge in [-0.2, -0.15) is 0 Å². The Bertz CT molecular complexity index is 541. The molecule has 0 N–H and O–H groups in total. The zero-order chi connectivity index (χ0) is 15.9. The summed E-state index contributed by atoms with van der Waals surface area (Å²) < 4.78 is 10.1. The number of hydrogen-bond donors (Lipinski definition) is 0. The number of amides is 1. The lowest BCUT2D eigenvalue weighted by Crippen LogP contribution is -2.30. The zero-order valence-corrected chi connectivity index (χ0v) is 13.3. The number of carbonyl (C=O) groups is 2. The molecule has 1 aliphatic heterocycles. The van der Waals surface area contributed by atoms with Gasteiger partial charge in [0.15, 0.2) is 0 Å². The van der Waals surface area contributed by atoms with Crippen LogP contribution in [0, 0.1) is 0 Å². The number of hydrogen-bond acceptors (Lipinski definition) is 4. The maximum Gasteiger partial charge on any atom is 0.414 e. The lowest BCUT2D eigenvalue weighted by atomic mass is 10.0. The van der Waals surface area contributed by atoms with Crippen molar-refractivity contribution < 1.29 is 19.1 Å². The molecule has 5 heteroatoms. The van der Waals surface area contributed by atoms with Crippen LogP contribution in [0.4, 0.5) is 10.5 Å². The Kier molecular flexibility index (Phi) is 5.81. The average molecular weight is 305 g/mol. The average Bonchev–Trinajstić information content (AvgIpc) is 2.93. The van der Waals surface area contributed by atoms with E-state index in [9.17, 15) is 9.59 Å². The Hall–Kier alpha value is -2.04. The topological polar surface area (TPSA) is 55.8 Å². The van der Waals surface area contributed by atoms with Gasteiger partial charge in [0.05, 0.1) is 18.9 Å². The van der Waals surface area contributed by atoms with E-state index in [2.05, 4.69) is 0 Å². The van der Waals surface area contributed by atoms with Crippen molar-refractivity contribution in [2.75, 3.05) is 24.7 Å². The number of para-hydroxylation sites is 1. The van der Waals surface area contributed by atoms with Crippen LogP contribution in [0.3, 0.4) is 0 Å². The van der Waals surface area contributed by atoms with Crippen LogP contribution in [0.25, 0.3) is 0 Å². The molecule has 0 spiro atoms. The molecule has 5 nitrogen and oxygen atoms in total. The first-order valence-corrected chi connectivity index (χ1v) is 7.88. The SMILES string of the molecule is CCOC(=O)CCCc1cccc2c1N(C(=O)OCC)CC2. The van der Waals surface area contributed by atoms with E-state index < -0.39 is 0 Å². The fourth-order valence-corrected chi connectivity index (χ4v) is 2.78. The van der Waals surface area contributed by atoms with Gasteiger partial charge in [0.1, 0.15) is 0 Å². The van der Waals surface area contributed by atoms with Gasteiger partial charge in [-0.05, 0) is 44.2 Å². The van der Waals surface area contributed by atoms with Crippen LogP contribution >= 0.6 is 0 Å². The van der Waals surface area contributed by atoms with E-state index in [-0.39, 0.29) is 12.1 Å². The number of fused-ring (bicyclic) bond motifs is 1. The molecule has 2 rings (SSSR count). The highest BCUT2D eigenvalue weighted by Crippen LogP contribution is 2.33. The molecule has 0 saturated carbocycles. The van der Waals surface area contributed by atoms with Gasteiger partial charge in [-0.15, -0.1) is 0 Å². The van der Waals surface area contributed by atoms with Crippen molar-refractivity contribution in [3.8, 4) is 0 Å². The first kappa shape index (κ1) is 16.3. The van der Waals surface area contributed by atoms with Crippen molar-refractivity contribution in [1.82, 2.24) is 0 Å². The van der Waals surface area contributed by atoms with Gasteiger partial charge in [0.2, 0.25) is 0 Å². The smallest absolute Gasteiger partial charge is 0.414 e. The third-order valence-corrected chi connectivity index (χ3v) is 3.70. The summed E-state index contributed by atoms with van der Waals surface area (Å²) in [7, 11) is 0. The van der Waals surface area contributed by atoms with E-state index in [1.807, 2.05) is 18.2 Å². The molecular weight excluding hydrogens is 282 g/mol. The summed E-state index contributed by atoms with van der Waals surface area (Å²) in [6.45, 7) is 5.05. The van der Waals surface area contributed by atoms with E-state index in [0.29, 0.717) is 32.6 Å². The molecule has 22 heavy (non-hydrogen) atoms. The van der Waals surface area contributed by atoms with Crippen LogP contribution in [0.1, 0.15) is 37.8 Å². The molecular formula is C17H23NO4. The van der Waals surface area contributed by atoms with Crippen molar-refractivity contribution in [2.24, 2.45) is 0 Å². The molecule has 0 aromatic heterocycles. The van der Waals surface area contributed by atoms with Gasteiger partial charge in [-0.1, -0.05) is 18.2 Å². The molecule has 120 valence electrons. The number of rotatable bonds is 6. The Labute approximate surface area is 131 Å². The molecule has 1 aromatic rings. The lowest BCUT2D eigenvalue weighted by molar-refractivity contribution is -0.143. The summed E-state index contributed by atoms with van der Waals surface area (Å²) in [5, 5.41) is 0. The van der Waals surface area contributed by atoms with Crippen LogP contribution in [0.2, 0.25) is 0 Å². The van der Waals surface area contributed by atoms with E-state index in [0.717, 1.165) is 24.1 Å². The highest BCUT2D eigenvalue weighted by molar-refractivity contribution is 5.91. The van der Waals surface area contributed by atoms with Gasteiger partial charge in [0, 0.05) is 13.0 Å². The van der Waals surface area contributed by atoms with E-state index in [1.54, 1.807) is 18.7 Å². The summed E-state index contributed by atoms with van der Waals surface area (Å²) in [6.07, 6.45) is 2.42. The van der Waals surface area contributed by atoms with Gasteiger partial charge in [-0.3, -0.25) is 9.69 Å². The van der Waals surface area contributed by atoms with E-state index in [1.165, 1.54) is 5.56 Å². The van der Waals surface area contributed by atoms with Crippen molar-refractivity contribution in [3.63, 3.8) is 0 Å². The number of carbonyl (C=O) groups excluding carboxylic acids is 2. The number of nitrogens with zero attached hydrogens (tertiary/aromatic N) is 1. The predicted octanol–water partition coefficient (Wildman–Crippen LogP) is 3.09. The summed E-state index contributed by atoms with van der Waals surface area (Å²) >= 11 is 0. The molecule has 0 unspecified atom stereocenters. The minimum absolute atomic E-state index is 0.169. The number of benzene rings is 1. The second-order valence-corrected chi connectivity index (χ2v) is 5.18. The first-order valence-electron chi connectivity index (χ1n) is 7.88. The highest BCUT2D eigenvalue weighted by Gasteiger charge is 2.27. The Morgan fingerprint density at radius 3 is 2.68 bits per heavy atom. The maximum absolute atomic E-state index is 12.1. The van der Waals surface area contributed by atoms with Crippen molar-refractivity contribution >= 4 is 17.7 Å². The maximum atomic E-state index is 12.1. The van der Waals surface area contributed by atoms with Crippen LogP contribution in [-0.4, -0.2) is 31.8 Å². The molecule has 1 amide bonds. The fourth-order valence-electron chi connectivity index (χ4n) is 2.78. The minimum atomic E-state index is -0.293. The lowest BCUT2D eigenvalue weighted by Gasteiger charge is -2.19. The van der Waals surface area contributed by atoms with Crippen LogP contribution in [-0.2, 0) is 27.1 Å². The number of ether oxygens (including phenoxy) is 2. The Balaban J connectivity index is 2.05. The monoisotopic (exact) mass is 305 g/mol. The number of anilines is 1. The van der Waals surface area contributed by atoms with E-state index in [4.69, 9.17) is 9.47 Å². The summed E-state index contributed by atoms with van der Waals surface area (Å²) in [5.41, 5.74) is 3.22. The van der Waals surface area contributed by atoms with Gasteiger partial charge >= 0.3 is 12.1 Å². The summed E-state index contributed by atoms with van der Waals surface area (Å²) in [4.78, 5) is 25.2. The highest BCUT2D eigenvalue weighted by atomic mass is 16.6. The molecule has 1 aliphatic rings. The zero-order valence-electron chi connectivity index (χ0n) is 13.3. The van der Waals surface area contributed by atoms with Crippen molar-refractivity contribution in [1.29, 1.82) is 0 Å². The predicted molar refractivity (Wildman–Crippen MR) is 84.1 cm³/mol. The summed E-state index contributed by atoms with van der Waals surface area (Å²) in [6, 6.07) is 6.07. The molecule has 1 heterocycles. The molecule has 0 atom stereocenters. The second kappa shape index (κ2) is 7.82. The van der Waals surface area contributed by atoms with Gasteiger partial charge < -0.3 is 9.47 Å². The molecule has 0 aliphatic carbocycles. The third kappa shape index (κ3) is 3.78. The van der Waals surface area contributed by atoms with Gasteiger partial charge in [-0.25, -0.2) is 4.79 Å². The quantitative estimate of drug-likeness (QED) is 0.758. The third-order valence-electron chi connectivity index (χ3n) is 3.70. The second-order valence-electron chi connectivity index (χ2n) is 5.18. The largest absolute Gasteiger partial charge is 0.466 e. The van der Waals surface area contributed by atoms with Crippen LogP contribution in [0.5, 0.6) is 0 Å². The van der Waals surface area contributed by atoms with Crippen LogP contribution in [0.15, 0.2) is 18.2 Å². The molecule has 1 aromatic carbocycles. The van der Waals surface area contributed by atoms with Crippen molar-refractivity contribution in [3.05, 3.63) is 29.3 Å². The summed E-state index contributed by atoms with van der Waals surface area (Å²) in [5.74, 6) is -0.169. The van der Waals surface area contributed by atoms with Crippen LogP contribution < -0.4 is 4.90 Å². The van der Waals surface area contributed by atoms with E-state index >= 15 is 0 Å². The Morgan fingerprint density at radius 2 is 1.95 bits per heavy atom. The molecule has 0 saturated heterocycles. The minimum Gasteiger partial charge on any atom is -0.466 e. The number of aryl methyl sites for hydroxylation is 1. The first-order chi connectivity index (χ1) is 10.7. The van der Waals surface area contributed by atoms with Gasteiger partial charge in [0.25, 0.3) is 0 Å². The fraction of sp³-hybridized carbons (Fsp3) is 0.529. The van der Waals surface area contributed by atoms with Crippen molar-refractivity contribution in [2.45, 2.75) is 39.5 Å². The molecule has 0 bridgehead atoms.